The van der Waals surface area contributed by atoms with Crippen molar-refractivity contribution in [2.75, 3.05) is 19.7 Å². The zero-order valence-corrected chi connectivity index (χ0v) is 11.2. The van der Waals surface area contributed by atoms with Gasteiger partial charge in [0.15, 0.2) is 6.10 Å². The Bertz CT molecular complexity index is 346. The topological polar surface area (TPSA) is 76.1 Å². The van der Waals surface area contributed by atoms with E-state index in [0.717, 1.165) is 19.3 Å². The molecule has 6 nitrogen and oxygen atoms in total. The van der Waals surface area contributed by atoms with Crippen molar-refractivity contribution in [3.05, 3.63) is 0 Å². The lowest BCUT2D eigenvalue weighted by molar-refractivity contribution is -0.159. The van der Waals surface area contributed by atoms with Gasteiger partial charge in [-0.1, -0.05) is 0 Å². The lowest BCUT2D eigenvalue weighted by Crippen LogP contribution is -2.48. The molecule has 0 aliphatic carbocycles. The Hall–Kier alpha value is -1.14. The van der Waals surface area contributed by atoms with Crippen LogP contribution in [0, 0.1) is 0 Å². The third-order valence-electron chi connectivity index (χ3n) is 3.69. The average molecular weight is 271 g/mol. The lowest BCUT2D eigenvalue weighted by Gasteiger charge is -2.31. The van der Waals surface area contributed by atoms with E-state index in [-0.39, 0.29) is 18.6 Å². The zero-order valence-electron chi connectivity index (χ0n) is 11.2. The van der Waals surface area contributed by atoms with Gasteiger partial charge < -0.3 is 19.5 Å². The highest BCUT2D eigenvalue weighted by molar-refractivity contribution is 5.78. The van der Waals surface area contributed by atoms with E-state index in [2.05, 4.69) is 0 Å². The van der Waals surface area contributed by atoms with E-state index >= 15 is 0 Å². The first kappa shape index (κ1) is 14.3. The van der Waals surface area contributed by atoms with Crippen LogP contribution in [0.3, 0.4) is 0 Å². The Morgan fingerprint density at radius 3 is 2.79 bits per heavy atom. The molecule has 0 saturated carbocycles. The summed E-state index contributed by atoms with van der Waals surface area (Å²) in [4.78, 5) is 24.5. The Labute approximate surface area is 112 Å². The molecule has 108 valence electrons. The standard InChI is InChI=1S/C13H21NO5/c1-9-2-3-10(19-9)4-5-12(15)14-6-7-18-11(8-14)13(16)17/h9-11H,2-8H2,1H3,(H,16,17)/t9-,10+,11-/m1/s1. The number of ether oxygens (including phenoxy) is 2. The van der Waals surface area contributed by atoms with Gasteiger partial charge in [-0.2, -0.15) is 0 Å². The summed E-state index contributed by atoms with van der Waals surface area (Å²) in [5, 5.41) is 8.89. The normalized spacial score (nSPS) is 31.4. The summed E-state index contributed by atoms with van der Waals surface area (Å²) in [6, 6.07) is 0. The van der Waals surface area contributed by atoms with Crippen LogP contribution in [0.5, 0.6) is 0 Å². The van der Waals surface area contributed by atoms with E-state index in [1.54, 1.807) is 4.90 Å². The van der Waals surface area contributed by atoms with Gasteiger partial charge in [0.05, 0.1) is 25.4 Å². The number of carboxylic acids is 1. The molecule has 19 heavy (non-hydrogen) atoms. The largest absolute Gasteiger partial charge is 0.479 e. The number of rotatable bonds is 4. The van der Waals surface area contributed by atoms with Crippen molar-refractivity contribution in [1.29, 1.82) is 0 Å². The van der Waals surface area contributed by atoms with Crippen molar-refractivity contribution in [3.63, 3.8) is 0 Å². The van der Waals surface area contributed by atoms with Gasteiger partial charge in [-0.05, 0) is 26.2 Å². The molecule has 0 spiro atoms. The molecule has 2 fully saturated rings. The van der Waals surface area contributed by atoms with Crippen LogP contribution in [0.4, 0.5) is 0 Å². The van der Waals surface area contributed by atoms with Gasteiger partial charge >= 0.3 is 5.97 Å². The van der Waals surface area contributed by atoms with Crippen LogP contribution in [0.2, 0.25) is 0 Å². The summed E-state index contributed by atoms with van der Waals surface area (Å²) < 4.78 is 10.8. The Kier molecular flexibility index (Phi) is 4.76. The number of nitrogens with zero attached hydrogens (tertiary/aromatic N) is 1. The highest BCUT2D eigenvalue weighted by Crippen LogP contribution is 2.23. The van der Waals surface area contributed by atoms with Gasteiger partial charge in [-0.3, -0.25) is 4.79 Å². The molecule has 6 heteroatoms. The maximum absolute atomic E-state index is 12.0. The van der Waals surface area contributed by atoms with Crippen molar-refractivity contribution in [3.8, 4) is 0 Å². The number of hydrogen-bond acceptors (Lipinski definition) is 4. The van der Waals surface area contributed by atoms with Crippen molar-refractivity contribution in [1.82, 2.24) is 4.90 Å². The summed E-state index contributed by atoms with van der Waals surface area (Å²) in [6.45, 7) is 2.96. The highest BCUT2D eigenvalue weighted by atomic mass is 16.5. The third kappa shape index (κ3) is 3.91. The van der Waals surface area contributed by atoms with Crippen molar-refractivity contribution >= 4 is 11.9 Å². The first-order chi connectivity index (χ1) is 9.06. The molecule has 0 aromatic rings. The van der Waals surface area contributed by atoms with Crippen LogP contribution in [-0.2, 0) is 19.1 Å². The molecule has 0 aromatic carbocycles. The van der Waals surface area contributed by atoms with Crippen molar-refractivity contribution in [2.45, 2.75) is 50.9 Å². The summed E-state index contributed by atoms with van der Waals surface area (Å²) in [5.41, 5.74) is 0. The van der Waals surface area contributed by atoms with Crippen LogP contribution < -0.4 is 0 Å². The molecule has 2 rings (SSSR count). The second-order valence-corrected chi connectivity index (χ2v) is 5.22. The number of carbonyl (C=O) groups is 2. The van der Waals surface area contributed by atoms with Gasteiger partial charge in [-0.25, -0.2) is 4.79 Å². The number of hydrogen-bond donors (Lipinski definition) is 1. The molecule has 2 heterocycles. The van der Waals surface area contributed by atoms with Gasteiger partial charge in [0.1, 0.15) is 0 Å². The fourth-order valence-electron chi connectivity index (χ4n) is 2.57. The summed E-state index contributed by atoms with van der Waals surface area (Å²) in [7, 11) is 0. The van der Waals surface area contributed by atoms with Crippen molar-refractivity contribution in [2.24, 2.45) is 0 Å². The third-order valence-corrected chi connectivity index (χ3v) is 3.69. The van der Waals surface area contributed by atoms with Gasteiger partial charge in [-0.15, -0.1) is 0 Å². The highest BCUT2D eigenvalue weighted by Gasteiger charge is 2.29. The van der Waals surface area contributed by atoms with E-state index in [1.807, 2.05) is 6.92 Å². The SMILES string of the molecule is C[C@@H]1CC[C@@H](CCC(=O)N2CCO[C@@H](C(=O)O)C2)O1. The van der Waals surface area contributed by atoms with Crippen LogP contribution in [-0.4, -0.2) is 59.9 Å². The van der Waals surface area contributed by atoms with Gasteiger partial charge in [0, 0.05) is 13.0 Å². The Morgan fingerprint density at radius 2 is 2.16 bits per heavy atom. The van der Waals surface area contributed by atoms with Crippen LogP contribution >= 0.6 is 0 Å². The number of morpholine rings is 1. The molecule has 0 bridgehead atoms. The van der Waals surface area contributed by atoms with Crippen LogP contribution in [0.25, 0.3) is 0 Å². The Balaban J connectivity index is 1.74. The van der Waals surface area contributed by atoms with E-state index in [9.17, 15) is 9.59 Å². The fraction of sp³-hybridized carbons (Fsp3) is 0.846. The number of aliphatic carboxylic acids is 1. The molecular formula is C13H21NO5. The van der Waals surface area contributed by atoms with Crippen LogP contribution in [0.15, 0.2) is 0 Å². The summed E-state index contributed by atoms with van der Waals surface area (Å²) >= 11 is 0. The molecule has 1 amide bonds. The second-order valence-electron chi connectivity index (χ2n) is 5.22. The predicted octanol–water partition coefficient (Wildman–Crippen LogP) is 0.646. The first-order valence-electron chi connectivity index (χ1n) is 6.84. The smallest absolute Gasteiger partial charge is 0.334 e. The molecule has 0 aromatic heterocycles. The van der Waals surface area contributed by atoms with E-state index < -0.39 is 12.1 Å². The minimum atomic E-state index is -1.01. The maximum Gasteiger partial charge on any atom is 0.334 e. The van der Waals surface area contributed by atoms with E-state index in [0.29, 0.717) is 25.7 Å². The van der Waals surface area contributed by atoms with Crippen molar-refractivity contribution < 1.29 is 24.2 Å². The second kappa shape index (κ2) is 6.34. The minimum absolute atomic E-state index is 0.00213. The number of carboxylic acid groups (broad SMARTS) is 1. The van der Waals surface area contributed by atoms with Gasteiger partial charge in [0.2, 0.25) is 5.91 Å². The molecule has 2 aliphatic heterocycles. The quantitative estimate of drug-likeness (QED) is 0.812. The zero-order chi connectivity index (χ0) is 13.8. The number of carbonyl (C=O) groups excluding carboxylic acids is 1. The first-order valence-corrected chi connectivity index (χ1v) is 6.84. The maximum atomic E-state index is 12.0. The predicted molar refractivity (Wildman–Crippen MR) is 66.8 cm³/mol. The molecule has 3 atom stereocenters. The molecule has 0 unspecified atom stereocenters. The molecule has 1 N–H and O–H groups in total. The number of amides is 1. The van der Waals surface area contributed by atoms with E-state index in [1.165, 1.54) is 0 Å². The summed E-state index contributed by atoms with van der Waals surface area (Å²) in [5.74, 6) is -1.01. The van der Waals surface area contributed by atoms with Gasteiger partial charge in [0.25, 0.3) is 0 Å². The Morgan fingerprint density at radius 1 is 1.37 bits per heavy atom. The minimum Gasteiger partial charge on any atom is -0.479 e. The van der Waals surface area contributed by atoms with Crippen LogP contribution in [0.1, 0.15) is 32.6 Å². The van der Waals surface area contributed by atoms with E-state index in [4.69, 9.17) is 14.6 Å². The average Bonchev–Trinajstić information content (AvgIpc) is 2.82. The summed E-state index contributed by atoms with van der Waals surface area (Å²) in [6.07, 6.45) is 2.78. The fourth-order valence-corrected chi connectivity index (χ4v) is 2.57. The molecule has 0 radical (unpaired) electrons. The lowest BCUT2D eigenvalue weighted by atomic mass is 10.1. The molecular weight excluding hydrogens is 250 g/mol. The molecule has 2 aliphatic rings. The molecule has 2 saturated heterocycles. The monoisotopic (exact) mass is 271 g/mol.